The average molecular weight is 569 g/mol. The summed E-state index contributed by atoms with van der Waals surface area (Å²) in [6.45, 7) is 4.29. The summed E-state index contributed by atoms with van der Waals surface area (Å²) >= 11 is 12.3. The molecule has 0 fully saturated rings. The molecule has 9 heteroatoms. The Morgan fingerprint density at radius 2 is 1.74 bits per heavy atom. The maximum atomic E-state index is 12.4. The number of aliphatic hydroxyl groups is 1. The number of benzene rings is 3. The van der Waals surface area contributed by atoms with Crippen molar-refractivity contribution in [3.05, 3.63) is 109 Å². The van der Waals surface area contributed by atoms with Crippen LogP contribution in [0.2, 0.25) is 10.0 Å². The standard InChI is InChI=1S/C30H31Cl2N3O4/c1-30(2,34-16-26(37)22-6-8-25(36)28-23(22)7-9-27(38)35-28)15-17-4-3-5-19(10-17)24(29(33)39)13-18-11-20(31)14-21(32)12-18/h3-12,14,24,26,34,36-37H,13,15-16H2,1-2H3,(H2,33,39)(H,35,38)/t24?,26-/m0/s1. The van der Waals surface area contributed by atoms with Crippen molar-refractivity contribution in [2.75, 3.05) is 6.54 Å². The molecule has 1 aromatic heterocycles. The first-order valence-corrected chi connectivity index (χ1v) is 13.3. The lowest BCUT2D eigenvalue weighted by atomic mass is 9.88. The van der Waals surface area contributed by atoms with E-state index in [1.54, 1.807) is 30.3 Å². The summed E-state index contributed by atoms with van der Waals surface area (Å²) in [6.07, 6.45) is 0.109. The highest BCUT2D eigenvalue weighted by Gasteiger charge is 2.23. The van der Waals surface area contributed by atoms with E-state index in [1.165, 1.54) is 12.1 Å². The van der Waals surface area contributed by atoms with Crippen molar-refractivity contribution in [2.45, 2.75) is 44.2 Å². The van der Waals surface area contributed by atoms with Crippen LogP contribution in [0.3, 0.4) is 0 Å². The Bertz CT molecular complexity index is 1550. The van der Waals surface area contributed by atoms with E-state index in [0.717, 1.165) is 16.7 Å². The number of aliphatic hydroxyl groups excluding tert-OH is 1. The number of fused-ring (bicyclic) bond motifs is 1. The fourth-order valence-corrected chi connectivity index (χ4v) is 5.44. The molecule has 1 amide bonds. The molecule has 204 valence electrons. The number of carbonyl (C=O) groups excluding carboxylic acids is 1. The maximum Gasteiger partial charge on any atom is 0.248 e. The van der Waals surface area contributed by atoms with Gasteiger partial charge in [-0.3, -0.25) is 9.59 Å². The number of hydrogen-bond acceptors (Lipinski definition) is 5. The van der Waals surface area contributed by atoms with Crippen LogP contribution in [0.4, 0.5) is 0 Å². The van der Waals surface area contributed by atoms with Crippen molar-refractivity contribution >= 4 is 40.0 Å². The number of β-amino-alcohol motifs (C(OH)–C–C–N with tert-alkyl or cyclic N) is 1. The molecule has 0 saturated carbocycles. The van der Waals surface area contributed by atoms with Crippen LogP contribution >= 0.6 is 23.2 Å². The highest BCUT2D eigenvalue weighted by atomic mass is 35.5. The van der Waals surface area contributed by atoms with Crippen molar-refractivity contribution in [1.29, 1.82) is 0 Å². The van der Waals surface area contributed by atoms with Crippen LogP contribution in [0.1, 0.15) is 48.1 Å². The number of carbonyl (C=O) groups is 1. The number of nitrogens with one attached hydrogen (secondary N) is 2. The summed E-state index contributed by atoms with van der Waals surface area (Å²) in [7, 11) is 0. The molecular formula is C30H31Cl2N3O4. The number of hydrogen-bond donors (Lipinski definition) is 5. The van der Waals surface area contributed by atoms with Gasteiger partial charge in [-0.15, -0.1) is 0 Å². The summed E-state index contributed by atoms with van der Waals surface area (Å²) in [5.41, 5.74) is 8.55. The molecule has 0 bridgehead atoms. The molecule has 0 radical (unpaired) electrons. The van der Waals surface area contributed by atoms with E-state index in [1.807, 2.05) is 38.1 Å². The first-order valence-electron chi connectivity index (χ1n) is 12.5. The van der Waals surface area contributed by atoms with Gasteiger partial charge in [-0.05, 0) is 79.3 Å². The fourth-order valence-electron chi connectivity index (χ4n) is 4.87. The van der Waals surface area contributed by atoms with Crippen LogP contribution in [0.25, 0.3) is 10.9 Å². The Morgan fingerprint density at radius 1 is 1.03 bits per heavy atom. The molecule has 3 aromatic carbocycles. The lowest BCUT2D eigenvalue weighted by Crippen LogP contribution is -2.43. The van der Waals surface area contributed by atoms with Crippen molar-refractivity contribution in [1.82, 2.24) is 10.3 Å². The number of pyridine rings is 1. The van der Waals surface area contributed by atoms with Crippen LogP contribution in [-0.4, -0.2) is 33.2 Å². The second kappa shape index (κ2) is 11.8. The van der Waals surface area contributed by atoms with Crippen LogP contribution in [0.5, 0.6) is 5.75 Å². The van der Waals surface area contributed by atoms with Gasteiger partial charge in [-0.2, -0.15) is 0 Å². The molecule has 0 aliphatic heterocycles. The van der Waals surface area contributed by atoms with Gasteiger partial charge in [0.1, 0.15) is 5.75 Å². The van der Waals surface area contributed by atoms with Crippen LogP contribution < -0.4 is 16.6 Å². The number of phenolic OH excluding ortho intramolecular Hbond substituents is 1. The van der Waals surface area contributed by atoms with Gasteiger partial charge in [0.2, 0.25) is 11.5 Å². The molecular weight excluding hydrogens is 537 g/mol. The zero-order valence-electron chi connectivity index (χ0n) is 21.7. The Labute approximate surface area is 236 Å². The third kappa shape index (κ3) is 7.19. The van der Waals surface area contributed by atoms with Gasteiger partial charge in [0.25, 0.3) is 0 Å². The van der Waals surface area contributed by atoms with Crippen molar-refractivity contribution in [2.24, 2.45) is 5.73 Å². The SMILES string of the molecule is CC(C)(Cc1cccc(C(Cc2cc(Cl)cc(Cl)c2)C(N)=O)c1)NC[C@H](O)c1ccc(O)c2[nH]c(=O)ccc12. The van der Waals surface area contributed by atoms with Gasteiger partial charge in [0, 0.05) is 33.6 Å². The number of aromatic hydroxyl groups is 1. The smallest absolute Gasteiger partial charge is 0.248 e. The van der Waals surface area contributed by atoms with Gasteiger partial charge in [0.15, 0.2) is 0 Å². The normalized spacial score (nSPS) is 13.4. The first-order chi connectivity index (χ1) is 18.4. The summed E-state index contributed by atoms with van der Waals surface area (Å²) in [4.78, 5) is 26.7. The number of aromatic amines is 1. The minimum absolute atomic E-state index is 0.0560. The summed E-state index contributed by atoms with van der Waals surface area (Å²) in [5, 5.41) is 26.1. The minimum Gasteiger partial charge on any atom is -0.506 e. The Kier molecular flexibility index (Phi) is 8.67. The quantitative estimate of drug-likeness (QED) is 0.184. The highest BCUT2D eigenvalue weighted by molar-refractivity contribution is 6.34. The topological polar surface area (TPSA) is 128 Å². The third-order valence-corrected chi connectivity index (χ3v) is 7.18. The lowest BCUT2D eigenvalue weighted by molar-refractivity contribution is -0.119. The molecule has 2 atom stereocenters. The summed E-state index contributed by atoms with van der Waals surface area (Å²) < 4.78 is 0. The molecule has 1 unspecified atom stereocenters. The first kappa shape index (κ1) is 28.6. The number of halogens is 2. The monoisotopic (exact) mass is 567 g/mol. The fraction of sp³-hybridized carbons (Fsp3) is 0.267. The zero-order chi connectivity index (χ0) is 28.3. The third-order valence-electron chi connectivity index (χ3n) is 6.74. The summed E-state index contributed by atoms with van der Waals surface area (Å²) in [5.74, 6) is -1.04. The van der Waals surface area contributed by atoms with E-state index in [-0.39, 0.29) is 17.9 Å². The summed E-state index contributed by atoms with van der Waals surface area (Å²) in [6, 6.07) is 19.0. The van der Waals surface area contributed by atoms with Crippen molar-refractivity contribution in [3.63, 3.8) is 0 Å². The molecule has 4 rings (SSSR count). The van der Waals surface area contributed by atoms with E-state index in [4.69, 9.17) is 28.9 Å². The Morgan fingerprint density at radius 3 is 2.44 bits per heavy atom. The maximum absolute atomic E-state index is 12.4. The zero-order valence-corrected chi connectivity index (χ0v) is 23.2. The van der Waals surface area contributed by atoms with Gasteiger partial charge in [0.05, 0.1) is 17.5 Å². The molecule has 1 heterocycles. The number of phenols is 1. The van der Waals surface area contributed by atoms with E-state index >= 15 is 0 Å². The number of amides is 1. The number of rotatable bonds is 10. The van der Waals surface area contributed by atoms with Gasteiger partial charge < -0.3 is 26.2 Å². The average Bonchev–Trinajstić information content (AvgIpc) is 2.85. The van der Waals surface area contributed by atoms with Crippen LogP contribution in [-0.2, 0) is 17.6 Å². The molecule has 7 nitrogen and oxygen atoms in total. The highest BCUT2D eigenvalue weighted by Crippen LogP contribution is 2.30. The predicted octanol–water partition coefficient (Wildman–Crippen LogP) is 5.00. The van der Waals surface area contributed by atoms with Gasteiger partial charge in [-0.25, -0.2) is 0 Å². The van der Waals surface area contributed by atoms with Crippen LogP contribution in [0, 0.1) is 0 Å². The number of nitrogens with two attached hydrogens (primary N) is 1. The van der Waals surface area contributed by atoms with Crippen LogP contribution in [0.15, 0.2) is 71.5 Å². The molecule has 0 aliphatic carbocycles. The molecule has 4 aromatic rings. The molecule has 6 N–H and O–H groups in total. The van der Waals surface area contributed by atoms with Crippen molar-refractivity contribution < 1.29 is 15.0 Å². The van der Waals surface area contributed by atoms with E-state index in [2.05, 4.69) is 10.3 Å². The number of H-pyrrole nitrogens is 1. The molecule has 0 aliphatic rings. The van der Waals surface area contributed by atoms with Gasteiger partial charge >= 0.3 is 0 Å². The molecule has 39 heavy (non-hydrogen) atoms. The van der Waals surface area contributed by atoms with E-state index in [0.29, 0.717) is 39.4 Å². The second-order valence-electron chi connectivity index (χ2n) is 10.4. The van der Waals surface area contributed by atoms with Gasteiger partial charge in [-0.1, -0.05) is 53.5 Å². The predicted molar refractivity (Wildman–Crippen MR) is 156 cm³/mol. The minimum atomic E-state index is -0.881. The number of aromatic nitrogens is 1. The van der Waals surface area contributed by atoms with E-state index < -0.39 is 23.5 Å². The Balaban J connectivity index is 1.47. The van der Waals surface area contributed by atoms with Crippen molar-refractivity contribution in [3.8, 4) is 5.75 Å². The Hall–Kier alpha value is -3.36. The number of primary amides is 1. The largest absolute Gasteiger partial charge is 0.506 e. The second-order valence-corrected chi connectivity index (χ2v) is 11.3. The molecule has 0 spiro atoms. The molecule has 0 saturated heterocycles. The lowest BCUT2D eigenvalue weighted by Gasteiger charge is -2.29. The van der Waals surface area contributed by atoms with E-state index in [9.17, 15) is 19.8 Å².